The second kappa shape index (κ2) is 8.42. The maximum absolute atomic E-state index is 12.1. The molecule has 5 heteroatoms. The lowest BCUT2D eigenvalue weighted by Crippen LogP contribution is -2.37. The minimum atomic E-state index is -0.307. The summed E-state index contributed by atoms with van der Waals surface area (Å²) in [6.07, 6.45) is 0. The van der Waals surface area contributed by atoms with E-state index in [4.69, 9.17) is 4.74 Å². The van der Waals surface area contributed by atoms with Crippen molar-refractivity contribution in [3.05, 3.63) is 29.3 Å². The first-order valence-corrected chi connectivity index (χ1v) is 7.21. The number of likely N-dealkylation sites (N-methyl/N-ethyl adjacent to an activating group) is 1. The van der Waals surface area contributed by atoms with Crippen LogP contribution in [0.2, 0.25) is 0 Å². The van der Waals surface area contributed by atoms with Crippen LogP contribution in [0.25, 0.3) is 0 Å². The van der Waals surface area contributed by atoms with Gasteiger partial charge in [0.2, 0.25) is 5.91 Å². The van der Waals surface area contributed by atoms with Crippen molar-refractivity contribution >= 4 is 17.6 Å². The van der Waals surface area contributed by atoms with E-state index in [2.05, 4.69) is 5.32 Å². The van der Waals surface area contributed by atoms with Gasteiger partial charge in [-0.1, -0.05) is 19.1 Å². The average Bonchev–Trinajstić information content (AvgIpc) is 2.42. The molecular formula is C16H24N2O3. The number of nitrogens with zero attached hydrogens (tertiary/aromatic N) is 1. The zero-order valence-electron chi connectivity index (χ0n) is 13.2. The van der Waals surface area contributed by atoms with Crippen molar-refractivity contribution in [2.24, 2.45) is 0 Å². The number of benzene rings is 1. The molecule has 0 aromatic heterocycles. The summed E-state index contributed by atoms with van der Waals surface area (Å²) in [6.45, 7) is 8.86. The van der Waals surface area contributed by atoms with Gasteiger partial charge in [-0.15, -0.1) is 0 Å². The highest BCUT2D eigenvalue weighted by Crippen LogP contribution is 2.16. The van der Waals surface area contributed by atoms with Crippen molar-refractivity contribution in [1.82, 2.24) is 4.90 Å². The van der Waals surface area contributed by atoms with Crippen molar-refractivity contribution in [2.45, 2.75) is 27.7 Å². The summed E-state index contributed by atoms with van der Waals surface area (Å²) < 4.78 is 4.90. The quantitative estimate of drug-likeness (QED) is 0.782. The van der Waals surface area contributed by atoms with Crippen LogP contribution in [0.15, 0.2) is 18.2 Å². The molecule has 0 spiro atoms. The molecule has 0 heterocycles. The third-order valence-corrected chi connectivity index (χ3v) is 3.14. The van der Waals surface area contributed by atoms with Gasteiger partial charge in [0.25, 0.3) is 0 Å². The number of nitrogens with one attached hydrogen (secondary N) is 1. The van der Waals surface area contributed by atoms with Gasteiger partial charge in [0.15, 0.2) is 0 Å². The fourth-order valence-electron chi connectivity index (χ4n) is 1.93. The molecule has 0 unspecified atom stereocenters. The molecule has 0 radical (unpaired) electrons. The predicted octanol–water partition coefficient (Wildman–Crippen LogP) is 2.13. The Labute approximate surface area is 126 Å². The second-order valence-electron chi connectivity index (χ2n) is 4.97. The van der Waals surface area contributed by atoms with Gasteiger partial charge < -0.3 is 10.1 Å². The molecule has 1 rings (SSSR count). The highest BCUT2D eigenvalue weighted by atomic mass is 16.5. The molecule has 0 atom stereocenters. The Bertz CT molecular complexity index is 500. The number of rotatable bonds is 7. The highest BCUT2D eigenvalue weighted by Gasteiger charge is 2.14. The molecule has 21 heavy (non-hydrogen) atoms. The van der Waals surface area contributed by atoms with Crippen LogP contribution in [-0.4, -0.2) is 43.0 Å². The summed E-state index contributed by atoms with van der Waals surface area (Å²) in [4.78, 5) is 25.3. The molecule has 0 aliphatic rings. The standard InChI is InChI=1S/C16H24N2O3/c1-5-18(11-16(20)21-6-2)10-15(19)17-14-9-12(3)7-8-13(14)4/h7-9H,5-6,10-11H2,1-4H3,(H,17,19). The minimum Gasteiger partial charge on any atom is -0.465 e. The van der Waals surface area contributed by atoms with Crippen LogP contribution in [0.5, 0.6) is 0 Å². The zero-order valence-corrected chi connectivity index (χ0v) is 13.2. The van der Waals surface area contributed by atoms with E-state index in [0.717, 1.165) is 16.8 Å². The van der Waals surface area contributed by atoms with Gasteiger partial charge in [0, 0.05) is 5.69 Å². The molecule has 0 fully saturated rings. The van der Waals surface area contributed by atoms with E-state index in [1.807, 2.05) is 39.0 Å². The molecule has 1 aromatic rings. The van der Waals surface area contributed by atoms with Crippen molar-refractivity contribution < 1.29 is 14.3 Å². The Balaban J connectivity index is 2.58. The zero-order chi connectivity index (χ0) is 15.8. The summed E-state index contributed by atoms with van der Waals surface area (Å²) in [5, 5.41) is 2.89. The lowest BCUT2D eigenvalue weighted by Gasteiger charge is -2.19. The monoisotopic (exact) mass is 292 g/mol. The number of carbonyl (C=O) groups is 2. The number of anilines is 1. The number of aryl methyl sites for hydroxylation is 2. The van der Waals surface area contributed by atoms with E-state index in [-0.39, 0.29) is 25.0 Å². The Kier molecular flexibility index (Phi) is 6.88. The minimum absolute atomic E-state index is 0.130. The summed E-state index contributed by atoms with van der Waals surface area (Å²) in [7, 11) is 0. The van der Waals surface area contributed by atoms with Crippen molar-refractivity contribution in [3.63, 3.8) is 0 Å². The van der Waals surface area contributed by atoms with Crippen LogP contribution >= 0.6 is 0 Å². The van der Waals surface area contributed by atoms with Crippen LogP contribution in [0.4, 0.5) is 5.69 Å². The van der Waals surface area contributed by atoms with Gasteiger partial charge in [-0.25, -0.2) is 0 Å². The molecule has 1 N–H and O–H groups in total. The fraction of sp³-hybridized carbons (Fsp3) is 0.500. The highest BCUT2D eigenvalue weighted by molar-refractivity contribution is 5.93. The Morgan fingerprint density at radius 3 is 2.52 bits per heavy atom. The van der Waals surface area contributed by atoms with Crippen molar-refractivity contribution in [3.8, 4) is 0 Å². The summed E-state index contributed by atoms with van der Waals surface area (Å²) >= 11 is 0. The van der Waals surface area contributed by atoms with Crippen LogP contribution in [0.1, 0.15) is 25.0 Å². The first-order chi connectivity index (χ1) is 9.96. The van der Waals surface area contributed by atoms with Gasteiger partial charge in [0.1, 0.15) is 0 Å². The first-order valence-electron chi connectivity index (χ1n) is 7.21. The SMILES string of the molecule is CCOC(=O)CN(CC)CC(=O)Nc1cc(C)ccc1C. The van der Waals surface area contributed by atoms with Crippen molar-refractivity contribution in [2.75, 3.05) is 31.6 Å². The van der Waals surface area contributed by atoms with E-state index < -0.39 is 0 Å². The maximum atomic E-state index is 12.1. The molecular weight excluding hydrogens is 268 g/mol. The third-order valence-electron chi connectivity index (χ3n) is 3.14. The topological polar surface area (TPSA) is 58.6 Å². The average molecular weight is 292 g/mol. The molecule has 0 bridgehead atoms. The van der Waals surface area contributed by atoms with Gasteiger partial charge in [-0.2, -0.15) is 0 Å². The summed E-state index contributed by atoms with van der Waals surface area (Å²) in [5.74, 6) is -0.436. The molecule has 0 aliphatic heterocycles. The number of amides is 1. The van der Waals surface area contributed by atoms with Gasteiger partial charge in [0.05, 0.1) is 19.7 Å². The number of hydrogen-bond acceptors (Lipinski definition) is 4. The predicted molar refractivity (Wildman–Crippen MR) is 83.3 cm³/mol. The molecule has 0 saturated heterocycles. The van der Waals surface area contributed by atoms with E-state index >= 15 is 0 Å². The van der Waals surface area contributed by atoms with Gasteiger partial charge in [-0.3, -0.25) is 14.5 Å². The second-order valence-corrected chi connectivity index (χ2v) is 4.97. The Hall–Kier alpha value is -1.88. The lowest BCUT2D eigenvalue weighted by molar-refractivity contribution is -0.144. The summed E-state index contributed by atoms with van der Waals surface area (Å²) in [5.41, 5.74) is 2.92. The number of carbonyl (C=O) groups excluding carboxylic acids is 2. The largest absolute Gasteiger partial charge is 0.465 e. The lowest BCUT2D eigenvalue weighted by atomic mass is 10.1. The van der Waals surface area contributed by atoms with E-state index in [0.29, 0.717) is 13.2 Å². The van der Waals surface area contributed by atoms with Crippen LogP contribution in [0.3, 0.4) is 0 Å². The fourth-order valence-corrected chi connectivity index (χ4v) is 1.93. The first kappa shape index (κ1) is 17.2. The molecule has 1 aromatic carbocycles. The van der Waals surface area contributed by atoms with Gasteiger partial charge in [-0.05, 0) is 44.5 Å². The van der Waals surface area contributed by atoms with Crippen LogP contribution in [0, 0.1) is 13.8 Å². The molecule has 5 nitrogen and oxygen atoms in total. The smallest absolute Gasteiger partial charge is 0.320 e. The van der Waals surface area contributed by atoms with Crippen molar-refractivity contribution in [1.29, 1.82) is 0 Å². The van der Waals surface area contributed by atoms with E-state index in [1.165, 1.54) is 0 Å². The van der Waals surface area contributed by atoms with E-state index in [1.54, 1.807) is 11.8 Å². The Morgan fingerprint density at radius 2 is 1.90 bits per heavy atom. The molecule has 1 amide bonds. The molecule has 116 valence electrons. The number of ether oxygens (including phenoxy) is 1. The number of esters is 1. The number of hydrogen-bond donors (Lipinski definition) is 1. The van der Waals surface area contributed by atoms with E-state index in [9.17, 15) is 9.59 Å². The molecule has 0 saturated carbocycles. The van der Waals surface area contributed by atoms with Crippen LogP contribution < -0.4 is 5.32 Å². The third kappa shape index (κ3) is 5.95. The molecule has 0 aliphatic carbocycles. The Morgan fingerprint density at radius 1 is 1.19 bits per heavy atom. The maximum Gasteiger partial charge on any atom is 0.320 e. The van der Waals surface area contributed by atoms with Gasteiger partial charge >= 0.3 is 5.97 Å². The normalized spacial score (nSPS) is 10.5. The summed E-state index contributed by atoms with van der Waals surface area (Å²) in [6, 6.07) is 5.92. The van der Waals surface area contributed by atoms with Crippen LogP contribution in [-0.2, 0) is 14.3 Å².